The molecule has 0 N–H and O–H groups in total. The van der Waals surface area contributed by atoms with Crippen LogP contribution in [-0.4, -0.2) is 47.0 Å². The number of aryl methyl sites for hydroxylation is 1. The lowest BCUT2D eigenvalue weighted by Crippen LogP contribution is -2.49. The van der Waals surface area contributed by atoms with Crippen molar-refractivity contribution in [2.24, 2.45) is 11.3 Å². The predicted molar refractivity (Wildman–Crippen MR) is 130 cm³/mol. The van der Waals surface area contributed by atoms with Crippen molar-refractivity contribution in [3.8, 4) is 0 Å². The summed E-state index contributed by atoms with van der Waals surface area (Å²) in [6.07, 6.45) is 5.21. The minimum atomic E-state index is 0.0328. The lowest BCUT2D eigenvalue weighted by atomic mass is 9.89. The highest BCUT2D eigenvalue weighted by molar-refractivity contribution is 7.19. The summed E-state index contributed by atoms with van der Waals surface area (Å²) < 4.78 is 0. The van der Waals surface area contributed by atoms with E-state index in [0.29, 0.717) is 12.3 Å². The maximum Gasteiger partial charge on any atom is 0.223 e. The molecule has 0 bridgehead atoms. The number of hydrogen-bond acceptors (Lipinski definition) is 5. The molecule has 6 heteroatoms. The molecule has 2 aliphatic rings. The molecule has 170 valence electrons. The molecule has 2 aromatic rings. The molecule has 1 amide bonds. The maximum absolute atomic E-state index is 12.7. The number of carbonyl (C=O) groups excluding carboxylic acids is 1. The van der Waals surface area contributed by atoms with Crippen molar-refractivity contribution in [2.45, 2.75) is 79.6 Å². The fraction of sp³-hybridized carbons (Fsp3) is 0.720. The number of piperazine rings is 1. The van der Waals surface area contributed by atoms with E-state index in [4.69, 9.17) is 9.97 Å². The third-order valence-electron chi connectivity index (χ3n) is 6.82. The first-order chi connectivity index (χ1) is 14.7. The smallest absolute Gasteiger partial charge is 0.223 e. The summed E-state index contributed by atoms with van der Waals surface area (Å²) in [6.45, 7) is 16.5. The van der Waals surface area contributed by atoms with Gasteiger partial charge in [-0.3, -0.25) is 4.79 Å². The second kappa shape index (κ2) is 8.68. The number of amides is 1. The van der Waals surface area contributed by atoms with Gasteiger partial charge in [-0.1, -0.05) is 41.5 Å². The second-order valence-electron chi connectivity index (χ2n) is 10.9. The molecule has 5 nitrogen and oxygen atoms in total. The molecule has 0 spiro atoms. The van der Waals surface area contributed by atoms with Crippen LogP contribution >= 0.6 is 11.3 Å². The Morgan fingerprint density at radius 2 is 1.90 bits per heavy atom. The number of fused-ring (bicyclic) bond motifs is 3. The van der Waals surface area contributed by atoms with Crippen LogP contribution in [0.4, 0.5) is 5.82 Å². The fourth-order valence-electron chi connectivity index (χ4n) is 4.70. The number of hydrogen-bond donors (Lipinski definition) is 0. The Morgan fingerprint density at radius 1 is 1.19 bits per heavy atom. The van der Waals surface area contributed by atoms with Gasteiger partial charge in [0.2, 0.25) is 5.91 Å². The summed E-state index contributed by atoms with van der Waals surface area (Å²) in [5.41, 5.74) is 1.53. The zero-order valence-corrected chi connectivity index (χ0v) is 20.9. The third-order valence-corrected chi connectivity index (χ3v) is 7.97. The lowest BCUT2D eigenvalue weighted by Gasteiger charge is -2.37. The minimum absolute atomic E-state index is 0.0328. The van der Waals surface area contributed by atoms with E-state index in [1.54, 1.807) is 0 Å². The second-order valence-corrected chi connectivity index (χ2v) is 11.9. The molecule has 0 radical (unpaired) electrons. The molecule has 3 heterocycles. The Morgan fingerprint density at radius 3 is 2.55 bits per heavy atom. The molecule has 0 unspecified atom stereocenters. The molecule has 2 aromatic heterocycles. The van der Waals surface area contributed by atoms with Gasteiger partial charge in [-0.2, -0.15) is 0 Å². The molecular formula is C25H38N4OS. The highest BCUT2D eigenvalue weighted by Crippen LogP contribution is 2.42. The molecule has 4 rings (SSSR count). The van der Waals surface area contributed by atoms with Crippen molar-refractivity contribution in [3.63, 3.8) is 0 Å². The molecule has 1 fully saturated rings. The summed E-state index contributed by atoms with van der Waals surface area (Å²) in [4.78, 5) is 30.0. The molecule has 1 saturated heterocycles. The van der Waals surface area contributed by atoms with Gasteiger partial charge in [0.1, 0.15) is 16.5 Å². The van der Waals surface area contributed by atoms with E-state index in [1.807, 2.05) is 16.2 Å². The molecular weight excluding hydrogens is 404 g/mol. The van der Waals surface area contributed by atoms with E-state index >= 15 is 0 Å². The van der Waals surface area contributed by atoms with Gasteiger partial charge in [-0.05, 0) is 42.6 Å². The van der Waals surface area contributed by atoms with Crippen molar-refractivity contribution < 1.29 is 4.79 Å². The monoisotopic (exact) mass is 442 g/mol. The number of aromatic nitrogens is 2. The van der Waals surface area contributed by atoms with Crippen LogP contribution in [0.15, 0.2) is 0 Å². The number of thiophene rings is 1. The van der Waals surface area contributed by atoms with E-state index in [9.17, 15) is 4.79 Å². The maximum atomic E-state index is 12.7. The van der Waals surface area contributed by atoms with Crippen LogP contribution in [0.1, 0.15) is 83.0 Å². The van der Waals surface area contributed by atoms with Gasteiger partial charge in [0.05, 0.1) is 5.39 Å². The van der Waals surface area contributed by atoms with Crippen LogP contribution in [0.5, 0.6) is 0 Å². The Bertz CT molecular complexity index is 953. The number of anilines is 1. The number of nitrogens with zero attached hydrogens (tertiary/aromatic N) is 4. The quantitative estimate of drug-likeness (QED) is 0.635. The number of rotatable bonds is 4. The summed E-state index contributed by atoms with van der Waals surface area (Å²) in [5.74, 6) is 3.49. The standard InChI is InChI=1S/C25H38N4OS/c1-7-17(3)22-26-23(21-18-9-8-16(2)14-19(18)31-24(21)27-22)29-12-10-28(11-13-29)20(30)15-25(4,5)6/h16-17H,7-15H2,1-6H3/t16-,17+/m1/s1. The van der Waals surface area contributed by atoms with Crippen LogP contribution in [-0.2, 0) is 17.6 Å². The number of carbonyl (C=O) groups is 1. The van der Waals surface area contributed by atoms with Crippen LogP contribution < -0.4 is 4.90 Å². The first-order valence-corrected chi connectivity index (χ1v) is 12.8. The van der Waals surface area contributed by atoms with Gasteiger partial charge in [-0.25, -0.2) is 9.97 Å². The van der Waals surface area contributed by atoms with E-state index in [1.165, 1.54) is 33.5 Å². The van der Waals surface area contributed by atoms with E-state index in [0.717, 1.165) is 56.6 Å². The zero-order chi connectivity index (χ0) is 22.3. The Kier molecular flexibility index (Phi) is 6.30. The largest absolute Gasteiger partial charge is 0.352 e. The molecule has 1 aliphatic carbocycles. The van der Waals surface area contributed by atoms with Crippen molar-refractivity contribution in [3.05, 3.63) is 16.3 Å². The normalized spacial score (nSPS) is 20.8. The molecule has 1 aliphatic heterocycles. The first-order valence-electron chi connectivity index (χ1n) is 12.0. The summed E-state index contributed by atoms with van der Waals surface area (Å²) in [6, 6.07) is 0. The van der Waals surface area contributed by atoms with Crippen molar-refractivity contribution >= 4 is 33.3 Å². The van der Waals surface area contributed by atoms with Crippen LogP contribution in [0.3, 0.4) is 0 Å². The average molecular weight is 443 g/mol. The topological polar surface area (TPSA) is 49.3 Å². The van der Waals surface area contributed by atoms with E-state index < -0.39 is 0 Å². The summed E-state index contributed by atoms with van der Waals surface area (Å²) >= 11 is 1.89. The van der Waals surface area contributed by atoms with Gasteiger partial charge < -0.3 is 9.80 Å². The SMILES string of the molecule is CC[C@H](C)c1nc(N2CCN(C(=O)CC(C)(C)C)CC2)c2c3c(sc2n1)C[C@H](C)CC3. The summed E-state index contributed by atoms with van der Waals surface area (Å²) in [5, 5.41) is 1.30. The molecule has 31 heavy (non-hydrogen) atoms. The molecule has 0 saturated carbocycles. The predicted octanol–water partition coefficient (Wildman–Crippen LogP) is 5.41. The third kappa shape index (κ3) is 4.74. The van der Waals surface area contributed by atoms with Crippen LogP contribution in [0.2, 0.25) is 0 Å². The van der Waals surface area contributed by atoms with E-state index in [-0.39, 0.29) is 11.3 Å². The van der Waals surface area contributed by atoms with Crippen LogP contribution in [0.25, 0.3) is 10.2 Å². The molecule has 0 aromatic carbocycles. The van der Waals surface area contributed by atoms with Gasteiger partial charge in [0.15, 0.2) is 0 Å². The zero-order valence-electron chi connectivity index (χ0n) is 20.1. The Balaban J connectivity index is 1.64. The average Bonchev–Trinajstić information content (AvgIpc) is 3.08. The molecule has 2 atom stereocenters. The van der Waals surface area contributed by atoms with Crippen molar-refractivity contribution in [2.75, 3.05) is 31.1 Å². The Labute approximate surface area is 191 Å². The first kappa shape index (κ1) is 22.5. The minimum Gasteiger partial charge on any atom is -0.352 e. The lowest BCUT2D eigenvalue weighted by molar-refractivity contribution is -0.133. The van der Waals surface area contributed by atoms with Gasteiger partial charge in [-0.15, -0.1) is 11.3 Å². The highest BCUT2D eigenvalue weighted by atomic mass is 32.1. The fourth-order valence-corrected chi connectivity index (χ4v) is 6.09. The van der Waals surface area contributed by atoms with Gasteiger partial charge in [0.25, 0.3) is 0 Å². The summed E-state index contributed by atoms with van der Waals surface area (Å²) in [7, 11) is 0. The van der Waals surface area contributed by atoms with Gasteiger partial charge in [0, 0.05) is 43.4 Å². The highest BCUT2D eigenvalue weighted by Gasteiger charge is 2.30. The van der Waals surface area contributed by atoms with Gasteiger partial charge >= 0.3 is 0 Å². The Hall–Kier alpha value is -1.69. The van der Waals surface area contributed by atoms with Crippen molar-refractivity contribution in [1.82, 2.24) is 14.9 Å². The van der Waals surface area contributed by atoms with Crippen molar-refractivity contribution in [1.29, 1.82) is 0 Å². The van der Waals surface area contributed by atoms with E-state index in [2.05, 4.69) is 46.4 Å². The van der Waals surface area contributed by atoms with Crippen LogP contribution in [0, 0.1) is 11.3 Å².